The summed E-state index contributed by atoms with van der Waals surface area (Å²) in [7, 11) is 0. The van der Waals surface area contributed by atoms with Gasteiger partial charge in [-0.15, -0.1) is 0 Å². The summed E-state index contributed by atoms with van der Waals surface area (Å²) in [6, 6.07) is -0.847. The molecule has 22 heavy (non-hydrogen) atoms. The fourth-order valence-corrected chi connectivity index (χ4v) is 2.48. The highest BCUT2D eigenvalue weighted by Gasteiger charge is 2.33. The van der Waals surface area contributed by atoms with Gasteiger partial charge in [-0.3, -0.25) is 4.79 Å². The zero-order valence-corrected chi connectivity index (χ0v) is 12.9. The van der Waals surface area contributed by atoms with E-state index in [1.807, 2.05) is 6.92 Å². The van der Waals surface area contributed by atoms with Crippen LogP contribution in [0.25, 0.3) is 0 Å². The molecular formula is C15H22N2O5. The molecule has 0 spiro atoms. The Bertz CT molecular complexity index is 496. The SMILES string of the molecule is CCOC(=O)C1=C(COC(=O)C2CCC2)NC(=O)N[C@H]1CC. The lowest BCUT2D eigenvalue weighted by molar-refractivity contribution is -0.150. The molecule has 1 saturated carbocycles. The summed E-state index contributed by atoms with van der Waals surface area (Å²) in [6.07, 6.45) is 3.26. The fraction of sp³-hybridized carbons (Fsp3) is 0.667. The lowest BCUT2D eigenvalue weighted by atomic mass is 9.86. The van der Waals surface area contributed by atoms with Gasteiger partial charge in [0.2, 0.25) is 0 Å². The van der Waals surface area contributed by atoms with Crippen LogP contribution in [0.4, 0.5) is 4.79 Å². The minimum atomic E-state index is -0.503. The van der Waals surface area contributed by atoms with Gasteiger partial charge in [-0.2, -0.15) is 0 Å². The molecule has 2 aliphatic rings. The highest BCUT2D eigenvalue weighted by atomic mass is 16.5. The number of carbonyl (C=O) groups excluding carboxylic acids is 3. The van der Waals surface area contributed by atoms with Crippen LogP contribution in [0.2, 0.25) is 0 Å². The van der Waals surface area contributed by atoms with Gasteiger partial charge in [-0.1, -0.05) is 13.3 Å². The lowest BCUT2D eigenvalue weighted by Crippen LogP contribution is -2.51. The summed E-state index contributed by atoms with van der Waals surface area (Å²) in [6.45, 7) is 3.69. The Labute approximate surface area is 129 Å². The minimum absolute atomic E-state index is 0.0500. The first kappa shape index (κ1) is 16.3. The molecule has 0 aromatic heterocycles. The van der Waals surface area contributed by atoms with Gasteiger partial charge in [0.15, 0.2) is 0 Å². The van der Waals surface area contributed by atoms with Crippen molar-refractivity contribution in [3.63, 3.8) is 0 Å². The molecule has 0 radical (unpaired) electrons. The van der Waals surface area contributed by atoms with Crippen molar-refractivity contribution in [2.45, 2.75) is 45.6 Å². The van der Waals surface area contributed by atoms with E-state index in [-0.39, 0.29) is 25.1 Å². The predicted octanol–water partition coefficient (Wildman–Crippen LogP) is 1.24. The van der Waals surface area contributed by atoms with Crippen molar-refractivity contribution in [1.29, 1.82) is 0 Å². The summed E-state index contributed by atoms with van der Waals surface area (Å²) in [5.74, 6) is -0.828. The molecule has 7 nitrogen and oxygen atoms in total. The van der Waals surface area contributed by atoms with Crippen molar-refractivity contribution in [3.05, 3.63) is 11.3 Å². The Morgan fingerprint density at radius 2 is 1.95 bits per heavy atom. The molecule has 7 heteroatoms. The molecule has 2 rings (SSSR count). The van der Waals surface area contributed by atoms with Gasteiger partial charge in [0, 0.05) is 0 Å². The first-order valence-corrected chi connectivity index (χ1v) is 7.71. The topological polar surface area (TPSA) is 93.7 Å². The largest absolute Gasteiger partial charge is 0.463 e. The van der Waals surface area contributed by atoms with Crippen LogP contribution >= 0.6 is 0 Å². The predicted molar refractivity (Wildman–Crippen MR) is 77.7 cm³/mol. The molecule has 0 aromatic rings. The zero-order chi connectivity index (χ0) is 16.1. The molecule has 2 N–H and O–H groups in total. The van der Waals surface area contributed by atoms with E-state index in [9.17, 15) is 14.4 Å². The molecule has 2 amide bonds. The van der Waals surface area contributed by atoms with Crippen molar-refractivity contribution in [2.24, 2.45) is 5.92 Å². The van der Waals surface area contributed by atoms with Crippen molar-refractivity contribution in [3.8, 4) is 0 Å². The van der Waals surface area contributed by atoms with E-state index >= 15 is 0 Å². The van der Waals surface area contributed by atoms with E-state index in [1.54, 1.807) is 6.92 Å². The molecule has 1 heterocycles. The molecular weight excluding hydrogens is 288 g/mol. The highest BCUT2D eigenvalue weighted by molar-refractivity contribution is 5.94. The van der Waals surface area contributed by atoms with E-state index in [2.05, 4.69) is 10.6 Å². The highest BCUT2D eigenvalue weighted by Crippen LogP contribution is 2.27. The first-order valence-electron chi connectivity index (χ1n) is 7.71. The molecule has 0 saturated heterocycles. The van der Waals surface area contributed by atoms with E-state index in [0.717, 1.165) is 19.3 Å². The quantitative estimate of drug-likeness (QED) is 0.720. The molecule has 122 valence electrons. The number of nitrogens with one attached hydrogen (secondary N) is 2. The van der Waals surface area contributed by atoms with Gasteiger partial charge < -0.3 is 20.1 Å². The van der Waals surface area contributed by atoms with Gasteiger partial charge >= 0.3 is 18.0 Å². The Hall–Kier alpha value is -2.05. The number of hydrogen-bond acceptors (Lipinski definition) is 5. The summed E-state index contributed by atoms with van der Waals surface area (Å²) in [4.78, 5) is 35.6. The third kappa shape index (κ3) is 3.58. The second-order valence-corrected chi connectivity index (χ2v) is 5.41. The second-order valence-electron chi connectivity index (χ2n) is 5.41. The number of urea groups is 1. The van der Waals surface area contributed by atoms with Crippen LogP contribution in [0.15, 0.2) is 11.3 Å². The maximum atomic E-state index is 12.1. The first-order chi connectivity index (χ1) is 10.6. The smallest absolute Gasteiger partial charge is 0.338 e. The average Bonchev–Trinajstić information content (AvgIpc) is 2.42. The number of carbonyl (C=O) groups is 3. The summed E-state index contributed by atoms with van der Waals surface area (Å²) < 4.78 is 10.3. The van der Waals surface area contributed by atoms with Crippen molar-refractivity contribution < 1.29 is 23.9 Å². The Kier molecular flexibility index (Phi) is 5.41. The van der Waals surface area contributed by atoms with Crippen molar-refractivity contribution in [2.75, 3.05) is 13.2 Å². The fourth-order valence-electron chi connectivity index (χ4n) is 2.48. The van der Waals surface area contributed by atoms with Gasteiger partial charge in [-0.25, -0.2) is 9.59 Å². The number of rotatable bonds is 6. The molecule has 0 unspecified atom stereocenters. The minimum Gasteiger partial charge on any atom is -0.463 e. The van der Waals surface area contributed by atoms with Gasteiger partial charge in [0.25, 0.3) is 0 Å². The number of esters is 2. The van der Waals surface area contributed by atoms with Crippen LogP contribution in [0.5, 0.6) is 0 Å². The summed E-state index contributed by atoms with van der Waals surface area (Å²) in [5, 5.41) is 5.22. The summed E-state index contributed by atoms with van der Waals surface area (Å²) in [5.41, 5.74) is 0.632. The normalized spacial score (nSPS) is 21.5. The van der Waals surface area contributed by atoms with Gasteiger partial charge in [0.1, 0.15) is 6.61 Å². The van der Waals surface area contributed by atoms with Crippen LogP contribution in [0.1, 0.15) is 39.5 Å². The Morgan fingerprint density at radius 3 is 2.50 bits per heavy atom. The lowest BCUT2D eigenvalue weighted by Gasteiger charge is -2.29. The number of hydrogen-bond donors (Lipinski definition) is 2. The van der Waals surface area contributed by atoms with Crippen LogP contribution < -0.4 is 10.6 Å². The van der Waals surface area contributed by atoms with Crippen LogP contribution in [-0.4, -0.2) is 37.2 Å². The van der Waals surface area contributed by atoms with Crippen LogP contribution in [0, 0.1) is 5.92 Å². The number of amides is 2. The van der Waals surface area contributed by atoms with Crippen LogP contribution in [0.3, 0.4) is 0 Å². The molecule has 0 aromatic carbocycles. The molecule has 1 aliphatic heterocycles. The Morgan fingerprint density at radius 1 is 1.23 bits per heavy atom. The molecule has 0 bridgehead atoms. The Balaban J connectivity index is 2.13. The third-order valence-corrected chi connectivity index (χ3v) is 3.94. The van der Waals surface area contributed by atoms with E-state index < -0.39 is 18.0 Å². The maximum absolute atomic E-state index is 12.1. The monoisotopic (exact) mass is 310 g/mol. The molecule has 1 aliphatic carbocycles. The number of ether oxygens (including phenoxy) is 2. The molecule has 1 atom stereocenters. The van der Waals surface area contributed by atoms with E-state index in [4.69, 9.17) is 9.47 Å². The maximum Gasteiger partial charge on any atom is 0.338 e. The average molecular weight is 310 g/mol. The van der Waals surface area contributed by atoms with Gasteiger partial charge in [-0.05, 0) is 26.2 Å². The second kappa shape index (κ2) is 7.29. The van der Waals surface area contributed by atoms with Gasteiger partial charge in [0.05, 0.1) is 29.8 Å². The summed E-state index contributed by atoms with van der Waals surface area (Å²) >= 11 is 0. The van der Waals surface area contributed by atoms with E-state index in [1.165, 1.54) is 0 Å². The van der Waals surface area contributed by atoms with E-state index in [0.29, 0.717) is 17.7 Å². The van der Waals surface area contributed by atoms with Crippen molar-refractivity contribution in [1.82, 2.24) is 10.6 Å². The van der Waals surface area contributed by atoms with Crippen molar-refractivity contribution >= 4 is 18.0 Å². The third-order valence-electron chi connectivity index (χ3n) is 3.94. The molecule has 1 fully saturated rings. The van der Waals surface area contributed by atoms with Crippen LogP contribution in [-0.2, 0) is 19.1 Å². The standard InChI is InChI=1S/C15H22N2O5/c1-3-10-12(14(19)21-4-2)11(17-15(20)16-10)8-22-13(18)9-6-5-7-9/h9-10H,3-8H2,1-2H3,(H2,16,17,20)/t10-/m0/s1. The zero-order valence-electron chi connectivity index (χ0n) is 12.9.